The molecule has 1 aliphatic rings. The lowest BCUT2D eigenvalue weighted by Gasteiger charge is -2.27. The zero-order chi connectivity index (χ0) is 21.9. The highest BCUT2D eigenvalue weighted by atomic mass is 16.6. The van der Waals surface area contributed by atoms with Crippen molar-refractivity contribution in [3.05, 3.63) is 0 Å². The van der Waals surface area contributed by atoms with Crippen LogP contribution in [0.4, 0.5) is 9.59 Å². The van der Waals surface area contributed by atoms with Gasteiger partial charge in [-0.1, -0.05) is 0 Å². The smallest absolute Gasteiger partial charge is 0.410 e. The van der Waals surface area contributed by atoms with Gasteiger partial charge in [0.25, 0.3) is 0 Å². The van der Waals surface area contributed by atoms with E-state index in [-0.39, 0.29) is 19.5 Å². The number of carboxylic acid groups (broad SMARTS) is 1. The van der Waals surface area contributed by atoms with E-state index in [1.165, 1.54) is 7.05 Å². The third kappa shape index (κ3) is 7.61. The number of carbonyl (C=O) groups is 4. The van der Waals surface area contributed by atoms with Gasteiger partial charge >= 0.3 is 18.2 Å². The molecular formula is C18H31N3O7. The third-order valence-corrected chi connectivity index (χ3v) is 3.70. The summed E-state index contributed by atoms with van der Waals surface area (Å²) in [7, 11) is 1.40. The quantitative estimate of drug-likeness (QED) is 0.730. The number of aliphatic carboxylic acids is 1. The van der Waals surface area contributed by atoms with Crippen molar-refractivity contribution in [3.63, 3.8) is 0 Å². The third-order valence-electron chi connectivity index (χ3n) is 3.70. The molecule has 2 atom stereocenters. The van der Waals surface area contributed by atoms with Crippen LogP contribution in [0.2, 0.25) is 0 Å². The van der Waals surface area contributed by atoms with Crippen molar-refractivity contribution in [2.75, 3.05) is 20.1 Å². The predicted octanol–water partition coefficient (Wildman–Crippen LogP) is 1.43. The fourth-order valence-electron chi connectivity index (χ4n) is 2.62. The van der Waals surface area contributed by atoms with E-state index >= 15 is 0 Å². The summed E-state index contributed by atoms with van der Waals surface area (Å²) in [5, 5.41) is 12.0. The Morgan fingerprint density at radius 3 is 2.07 bits per heavy atom. The summed E-state index contributed by atoms with van der Waals surface area (Å²) in [5.41, 5.74) is -1.41. The number of hydrogen-bond acceptors (Lipinski definition) is 6. The van der Waals surface area contributed by atoms with Gasteiger partial charge in [0.1, 0.15) is 23.8 Å². The lowest BCUT2D eigenvalue weighted by Crippen LogP contribution is -2.47. The molecule has 1 fully saturated rings. The van der Waals surface area contributed by atoms with Crippen LogP contribution in [0.3, 0.4) is 0 Å². The molecule has 1 aliphatic heterocycles. The fourth-order valence-corrected chi connectivity index (χ4v) is 2.62. The number of ether oxygens (including phenoxy) is 2. The number of hydrogen-bond donors (Lipinski definition) is 2. The van der Waals surface area contributed by atoms with Crippen LogP contribution in [0.15, 0.2) is 0 Å². The van der Waals surface area contributed by atoms with Gasteiger partial charge in [0.2, 0.25) is 5.91 Å². The molecule has 0 aromatic heterocycles. The number of nitrogens with zero attached hydrogens (tertiary/aromatic N) is 2. The number of amides is 3. The van der Waals surface area contributed by atoms with E-state index in [1.54, 1.807) is 41.5 Å². The minimum Gasteiger partial charge on any atom is -0.480 e. The molecule has 1 unspecified atom stereocenters. The summed E-state index contributed by atoms with van der Waals surface area (Å²) >= 11 is 0. The summed E-state index contributed by atoms with van der Waals surface area (Å²) < 4.78 is 10.3. The standard InChI is InChI=1S/C18H31N3O7/c1-17(2,3)27-15(25)19-11-8-12(14(23)24)21(9-11)13(22)10-20(7)16(26)28-18(4,5)6/h11-12H,8-10H2,1-7H3,(H,19,25)(H,23,24)/t11?,12-/m0/s1. The van der Waals surface area contributed by atoms with Crippen molar-refractivity contribution in [2.24, 2.45) is 0 Å². The number of carboxylic acids is 1. The fraction of sp³-hybridized carbons (Fsp3) is 0.778. The number of nitrogens with one attached hydrogen (secondary N) is 1. The van der Waals surface area contributed by atoms with Crippen LogP contribution >= 0.6 is 0 Å². The van der Waals surface area contributed by atoms with Crippen LogP contribution in [0.25, 0.3) is 0 Å². The van der Waals surface area contributed by atoms with Gasteiger partial charge in [-0.15, -0.1) is 0 Å². The molecule has 1 heterocycles. The molecule has 0 aromatic rings. The zero-order valence-electron chi connectivity index (χ0n) is 17.6. The Morgan fingerprint density at radius 2 is 1.61 bits per heavy atom. The van der Waals surface area contributed by atoms with Gasteiger partial charge in [-0.05, 0) is 41.5 Å². The Hall–Kier alpha value is -2.52. The first-order chi connectivity index (χ1) is 12.6. The zero-order valence-corrected chi connectivity index (χ0v) is 17.6. The molecular weight excluding hydrogens is 370 g/mol. The molecule has 10 nitrogen and oxygen atoms in total. The molecule has 28 heavy (non-hydrogen) atoms. The molecule has 3 amide bonds. The lowest BCUT2D eigenvalue weighted by atomic mass is 10.1. The highest BCUT2D eigenvalue weighted by molar-refractivity contribution is 5.87. The Bertz CT molecular complexity index is 622. The number of alkyl carbamates (subject to hydrolysis) is 1. The second-order valence-corrected chi connectivity index (χ2v) is 8.82. The number of rotatable bonds is 4. The van der Waals surface area contributed by atoms with Crippen LogP contribution in [-0.2, 0) is 19.1 Å². The molecule has 0 radical (unpaired) electrons. The van der Waals surface area contributed by atoms with E-state index in [9.17, 15) is 24.3 Å². The summed E-state index contributed by atoms with van der Waals surface area (Å²) in [6.07, 6.45) is -1.31. The molecule has 1 saturated heterocycles. The summed E-state index contributed by atoms with van der Waals surface area (Å²) in [4.78, 5) is 50.3. The van der Waals surface area contributed by atoms with Crippen molar-refractivity contribution >= 4 is 24.1 Å². The van der Waals surface area contributed by atoms with Crippen molar-refractivity contribution in [3.8, 4) is 0 Å². The van der Waals surface area contributed by atoms with Gasteiger partial charge < -0.3 is 29.7 Å². The largest absolute Gasteiger partial charge is 0.480 e. The first kappa shape index (κ1) is 23.5. The first-order valence-electron chi connectivity index (χ1n) is 9.05. The maximum Gasteiger partial charge on any atom is 0.410 e. The molecule has 0 saturated carbocycles. The predicted molar refractivity (Wildman–Crippen MR) is 99.8 cm³/mol. The minimum atomic E-state index is -1.18. The van der Waals surface area contributed by atoms with E-state index < -0.39 is 47.3 Å². The van der Waals surface area contributed by atoms with E-state index in [0.29, 0.717) is 0 Å². The van der Waals surface area contributed by atoms with Crippen LogP contribution in [0, 0.1) is 0 Å². The Kier molecular flexibility index (Phi) is 7.27. The second-order valence-electron chi connectivity index (χ2n) is 8.82. The normalized spacial score (nSPS) is 19.8. The highest BCUT2D eigenvalue weighted by Crippen LogP contribution is 2.20. The summed E-state index contributed by atoms with van der Waals surface area (Å²) in [6.45, 7) is 9.92. The SMILES string of the molecule is CN(CC(=O)N1CC(NC(=O)OC(C)(C)C)C[C@H]1C(=O)O)C(=O)OC(C)(C)C. The van der Waals surface area contributed by atoms with Crippen LogP contribution in [0.1, 0.15) is 48.0 Å². The van der Waals surface area contributed by atoms with Gasteiger partial charge in [0.15, 0.2) is 0 Å². The van der Waals surface area contributed by atoms with Crippen molar-refractivity contribution < 1.29 is 33.8 Å². The molecule has 160 valence electrons. The van der Waals surface area contributed by atoms with Crippen molar-refractivity contribution in [1.82, 2.24) is 15.1 Å². The number of likely N-dealkylation sites (tertiary alicyclic amines) is 1. The summed E-state index contributed by atoms with van der Waals surface area (Å²) in [6, 6.07) is -1.66. The second kappa shape index (κ2) is 8.66. The monoisotopic (exact) mass is 401 g/mol. The van der Waals surface area contributed by atoms with Crippen LogP contribution < -0.4 is 5.32 Å². The Labute approximate surface area is 165 Å². The van der Waals surface area contributed by atoms with Crippen LogP contribution in [0.5, 0.6) is 0 Å². The molecule has 10 heteroatoms. The Balaban J connectivity index is 2.73. The Morgan fingerprint density at radius 1 is 1.07 bits per heavy atom. The van der Waals surface area contributed by atoms with Crippen LogP contribution in [-0.4, -0.2) is 82.4 Å². The van der Waals surface area contributed by atoms with E-state index in [0.717, 1.165) is 9.80 Å². The van der Waals surface area contributed by atoms with Crippen molar-refractivity contribution in [2.45, 2.75) is 71.2 Å². The molecule has 2 N–H and O–H groups in total. The molecule has 0 bridgehead atoms. The molecule has 0 spiro atoms. The van der Waals surface area contributed by atoms with E-state index in [2.05, 4.69) is 5.32 Å². The van der Waals surface area contributed by atoms with E-state index in [1.807, 2.05) is 0 Å². The lowest BCUT2D eigenvalue weighted by molar-refractivity contribution is -0.148. The van der Waals surface area contributed by atoms with Gasteiger partial charge in [0.05, 0.1) is 6.04 Å². The molecule has 1 rings (SSSR count). The van der Waals surface area contributed by atoms with Crippen molar-refractivity contribution in [1.29, 1.82) is 0 Å². The van der Waals surface area contributed by atoms with Gasteiger partial charge in [-0.3, -0.25) is 4.79 Å². The topological polar surface area (TPSA) is 125 Å². The number of carbonyl (C=O) groups excluding carboxylic acids is 3. The molecule has 0 aromatic carbocycles. The summed E-state index contributed by atoms with van der Waals surface area (Å²) in [5.74, 6) is -1.73. The van der Waals surface area contributed by atoms with Gasteiger partial charge in [-0.25, -0.2) is 14.4 Å². The maximum absolute atomic E-state index is 12.6. The van der Waals surface area contributed by atoms with E-state index in [4.69, 9.17) is 9.47 Å². The average Bonchev–Trinajstić information content (AvgIpc) is 2.87. The highest BCUT2D eigenvalue weighted by Gasteiger charge is 2.41. The average molecular weight is 401 g/mol. The van der Waals surface area contributed by atoms with Gasteiger partial charge in [-0.2, -0.15) is 0 Å². The number of likely N-dealkylation sites (N-methyl/N-ethyl adjacent to an activating group) is 1. The van der Waals surface area contributed by atoms with Gasteiger partial charge in [0, 0.05) is 20.0 Å². The molecule has 0 aliphatic carbocycles. The first-order valence-corrected chi connectivity index (χ1v) is 9.05. The maximum atomic E-state index is 12.6. The minimum absolute atomic E-state index is 0.0111.